The van der Waals surface area contributed by atoms with Crippen molar-refractivity contribution in [1.82, 2.24) is 4.90 Å². The SMILES string of the molecule is CC(c1ccc(Br)cc1F)N1CCC(CCC(=O)O)C1. The first kappa shape index (κ1) is 15.4. The highest BCUT2D eigenvalue weighted by Crippen LogP contribution is 2.31. The molecule has 1 N–H and O–H groups in total. The summed E-state index contributed by atoms with van der Waals surface area (Å²) in [5, 5.41) is 8.72. The van der Waals surface area contributed by atoms with Gasteiger partial charge in [0.05, 0.1) is 0 Å². The Balaban J connectivity index is 1.97. The zero-order valence-corrected chi connectivity index (χ0v) is 13.1. The highest BCUT2D eigenvalue weighted by molar-refractivity contribution is 9.10. The van der Waals surface area contributed by atoms with E-state index in [2.05, 4.69) is 20.8 Å². The van der Waals surface area contributed by atoms with Crippen LogP contribution in [0.5, 0.6) is 0 Å². The summed E-state index contributed by atoms with van der Waals surface area (Å²) < 4.78 is 14.7. The molecule has 2 rings (SSSR count). The van der Waals surface area contributed by atoms with Gasteiger partial charge >= 0.3 is 5.97 Å². The number of carboxylic acid groups (broad SMARTS) is 1. The van der Waals surface area contributed by atoms with E-state index in [4.69, 9.17) is 5.11 Å². The maximum Gasteiger partial charge on any atom is 0.303 e. The molecule has 1 fully saturated rings. The van der Waals surface area contributed by atoms with Crippen molar-refractivity contribution in [3.63, 3.8) is 0 Å². The lowest BCUT2D eigenvalue weighted by Crippen LogP contribution is -2.25. The molecule has 1 aromatic carbocycles. The Bertz CT molecular complexity index is 495. The van der Waals surface area contributed by atoms with Crippen LogP contribution in [0.15, 0.2) is 22.7 Å². The van der Waals surface area contributed by atoms with Crippen LogP contribution in [0.2, 0.25) is 0 Å². The van der Waals surface area contributed by atoms with E-state index < -0.39 is 5.97 Å². The van der Waals surface area contributed by atoms with Crippen LogP contribution in [0.1, 0.15) is 37.8 Å². The largest absolute Gasteiger partial charge is 0.481 e. The molecule has 0 aromatic heterocycles. The summed E-state index contributed by atoms with van der Waals surface area (Å²) in [6, 6.07) is 5.18. The third kappa shape index (κ3) is 3.79. The zero-order chi connectivity index (χ0) is 14.7. The molecule has 0 saturated carbocycles. The van der Waals surface area contributed by atoms with E-state index in [-0.39, 0.29) is 18.3 Å². The highest BCUT2D eigenvalue weighted by atomic mass is 79.9. The Kier molecular flexibility index (Phi) is 5.16. The molecule has 1 saturated heterocycles. The standard InChI is InChI=1S/C15H19BrFNO2/c1-10(13-4-3-12(16)8-14(13)17)18-7-6-11(9-18)2-5-15(19)20/h3-4,8,10-11H,2,5-7,9H2,1H3,(H,19,20). The topological polar surface area (TPSA) is 40.5 Å². The first-order valence-electron chi connectivity index (χ1n) is 6.88. The number of rotatable bonds is 5. The summed E-state index contributed by atoms with van der Waals surface area (Å²) in [4.78, 5) is 12.8. The van der Waals surface area contributed by atoms with Crippen molar-refractivity contribution in [2.75, 3.05) is 13.1 Å². The van der Waals surface area contributed by atoms with Gasteiger partial charge in [-0.3, -0.25) is 9.69 Å². The molecule has 5 heteroatoms. The van der Waals surface area contributed by atoms with Gasteiger partial charge in [0.15, 0.2) is 0 Å². The Labute approximate surface area is 126 Å². The van der Waals surface area contributed by atoms with Gasteiger partial charge < -0.3 is 5.11 Å². The normalized spacial score (nSPS) is 21.1. The minimum Gasteiger partial charge on any atom is -0.481 e. The molecule has 3 nitrogen and oxygen atoms in total. The van der Waals surface area contributed by atoms with E-state index in [0.717, 1.165) is 24.0 Å². The number of aliphatic carboxylic acids is 1. The molecule has 0 radical (unpaired) electrons. The van der Waals surface area contributed by atoms with Gasteiger partial charge in [0.1, 0.15) is 5.82 Å². The van der Waals surface area contributed by atoms with Gasteiger partial charge in [-0.2, -0.15) is 0 Å². The predicted molar refractivity (Wildman–Crippen MR) is 79.1 cm³/mol. The van der Waals surface area contributed by atoms with E-state index in [1.807, 2.05) is 19.1 Å². The smallest absolute Gasteiger partial charge is 0.303 e. The minimum absolute atomic E-state index is 0.0259. The number of hydrogen-bond donors (Lipinski definition) is 1. The second kappa shape index (κ2) is 6.68. The van der Waals surface area contributed by atoms with Crippen LogP contribution in [0.3, 0.4) is 0 Å². The van der Waals surface area contributed by atoms with Gasteiger partial charge in [-0.05, 0) is 44.4 Å². The first-order valence-corrected chi connectivity index (χ1v) is 7.67. The average Bonchev–Trinajstić information content (AvgIpc) is 2.84. The van der Waals surface area contributed by atoms with Gasteiger partial charge in [0, 0.05) is 29.0 Å². The van der Waals surface area contributed by atoms with Crippen LogP contribution in [0, 0.1) is 11.7 Å². The maximum absolute atomic E-state index is 14.0. The van der Waals surface area contributed by atoms with Gasteiger partial charge in [-0.25, -0.2) is 4.39 Å². The van der Waals surface area contributed by atoms with Crippen molar-refractivity contribution in [3.8, 4) is 0 Å². The Morgan fingerprint density at radius 2 is 2.35 bits per heavy atom. The molecule has 0 aliphatic carbocycles. The van der Waals surface area contributed by atoms with Crippen molar-refractivity contribution in [1.29, 1.82) is 0 Å². The van der Waals surface area contributed by atoms with Crippen LogP contribution in [-0.2, 0) is 4.79 Å². The van der Waals surface area contributed by atoms with Gasteiger partial charge in [0.2, 0.25) is 0 Å². The zero-order valence-electron chi connectivity index (χ0n) is 11.5. The van der Waals surface area contributed by atoms with E-state index >= 15 is 0 Å². The Hall–Kier alpha value is -0.940. The number of hydrogen-bond acceptors (Lipinski definition) is 2. The Morgan fingerprint density at radius 3 is 3.00 bits per heavy atom. The molecule has 110 valence electrons. The van der Waals surface area contributed by atoms with Crippen LogP contribution in [-0.4, -0.2) is 29.1 Å². The maximum atomic E-state index is 14.0. The fraction of sp³-hybridized carbons (Fsp3) is 0.533. The molecular weight excluding hydrogens is 325 g/mol. The van der Waals surface area contributed by atoms with Crippen LogP contribution >= 0.6 is 15.9 Å². The van der Waals surface area contributed by atoms with Crippen molar-refractivity contribution in [3.05, 3.63) is 34.1 Å². The summed E-state index contributed by atoms with van der Waals surface area (Å²) >= 11 is 3.26. The van der Waals surface area contributed by atoms with E-state index in [1.165, 1.54) is 6.07 Å². The summed E-state index contributed by atoms with van der Waals surface area (Å²) in [6.07, 6.45) is 1.93. The van der Waals surface area contributed by atoms with Crippen molar-refractivity contribution in [2.24, 2.45) is 5.92 Å². The van der Waals surface area contributed by atoms with Crippen LogP contribution in [0.4, 0.5) is 4.39 Å². The second-order valence-corrected chi connectivity index (χ2v) is 6.34. The number of nitrogens with zero attached hydrogens (tertiary/aromatic N) is 1. The summed E-state index contributed by atoms with van der Waals surface area (Å²) in [6.45, 7) is 3.76. The first-order chi connectivity index (χ1) is 9.47. The van der Waals surface area contributed by atoms with Gasteiger partial charge in [-0.1, -0.05) is 22.0 Å². The van der Waals surface area contributed by atoms with Crippen LogP contribution < -0.4 is 0 Å². The molecule has 1 aliphatic rings. The number of halogens is 2. The summed E-state index contributed by atoms with van der Waals surface area (Å²) in [5.41, 5.74) is 0.701. The molecule has 2 atom stereocenters. The van der Waals surface area contributed by atoms with E-state index in [9.17, 15) is 9.18 Å². The molecule has 20 heavy (non-hydrogen) atoms. The molecular formula is C15H19BrFNO2. The molecule has 0 bridgehead atoms. The van der Waals surface area contributed by atoms with E-state index in [1.54, 1.807) is 0 Å². The lowest BCUT2D eigenvalue weighted by molar-refractivity contribution is -0.137. The van der Waals surface area contributed by atoms with Gasteiger partial charge in [0.25, 0.3) is 0 Å². The third-order valence-corrected chi connectivity index (χ3v) is 4.54. The summed E-state index contributed by atoms with van der Waals surface area (Å²) in [7, 11) is 0. The fourth-order valence-corrected chi connectivity index (χ4v) is 3.15. The minimum atomic E-state index is -0.740. The number of carbonyl (C=O) groups is 1. The van der Waals surface area contributed by atoms with Crippen LogP contribution in [0.25, 0.3) is 0 Å². The number of likely N-dealkylation sites (tertiary alicyclic amines) is 1. The highest BCUT2D eigenvalue weighted by Gasteiger charge is 2.28. The van der Waals surface area contributed by atoms with Gasteiger partial charge in [-0.15, -0.1) is 0 Å². The third-order valence-electron chi connectivity index (χ3n) is 4.04. The Morgan fingerprint density at radius 1 is 1.60 bits per heavy atom. The molecule has 2 unspecified atom stereocenters. The van der Waals surface area contributed by atoms with E-state index in [0.29, 0.717) is 17.9 Å². The number of carboxylic acids is 1. The molecule has 0 spiro atoms. The molecule has 0 amide bonds. The fourth-order valence-electron chi connectivity index (χ4n) is 2.81. The second-order valence-electron chi connectivity index (χ2n) is 5.42. The quantitative estimate of drug-likeness (QED) is 0.882. The molecule has 1 heterocycles. The summed E-state index contributed by atoms with van der Waals surface area (Å²) in [5.74, 6) is -0.525. The monoisotopic (exact) mass is 343 g/mol. The molecule has 1 aliphatic heterocycles. The number of benzene rings is 1. The predicted octanol–water partition coefficient (Wildman–Crippen LogP) is 3.84. The van der Waals surface area contributed by atoms with Crippen molar-refractivity contribution in [2.45, 2.75) is 32.2 Å². The lowest BCUT2D eigenvalue weighted by Gasteiger charge is -2.25. The molecule has 1 aromatic rings. The van der Waals surface area contributed by atoms with Crippen molar-refractivity contribution >= 4 is 21.9 Å². The average molecular weight is 344 g/mol. The lowest BCUT2D eigenvalue weighted by atomic mass is 10.0. The van der Waals surface area contributed by atoms with Crippen molar-refractivity contribution < 1.29 is 14.3 Å².